The van der Waals surface area contributed by atoms with E-state index in [1.54, 1.807) is 12.1 Å². The summed E-state index contributed by atoms with van der Waals surface area (Å²) in [7, 11) is 0. The molecule has 2 aliphatic rings. The summed E-state index contributed by atoms with van der Waals surface area (Å²) in [5.74, 6) is -0.119. The summed E-state index contributed by atoms with van der Waals surface area (Å²) in [6.07, 6.45) is 4.52. The molecule has 2 aliphatic heterocycles. The number of hydrogen-bond acceptors (Lipinski definition) is 3. The van der Waals surface area contributed by atoms with E-state index in [1.807, 2.05) is 24.3 Å². The number of halogens is 2. The second-order valence-corrected chi connectivity index (χ2v) is 8.77. The smallest absolute Gasteiger partial charge is 0.146 e. The standard InChI is InChI=1S/C24H30ClFN2O/c1-18-16-28(22(17-29-18)11-8-19-6-9-20(25)10-7-19)21-12-14-27(15-13-21)24-5-3-2-4-23(24)26/h2-7,9-10,18,21-22H,8,11-17H2,1H3/t18-,22-/m0/s1. The Bertz CT molecular complexity index is 792. The average Bonchev–Trinajstić information content (AvgIpc) is 2.74. The first kappa shape index (κ1) is 20.6. The van der Waals surface area contributed by atoms with Crippen molar-refractivity contribution in [2.45, 2.75) is 50.8 Å². The Hall–Kier alpha value is -1.62. The number of hydrogen-bond donors (Lipinski definition) is 0. The van der Waals surface area contributed by atoms with Crippen LogP contribution >= 0.6 is 11.6 Å². The van der Waals surface area contributed by atoms with Gasteiger partial charge in [0.2, 0.25) is 0 Å². The molecule has 4 rings (SSSR count). The van der Waals surface area contributed by atoms with Gasteiger partial charge in [0.1, 0.15) is 5.82 Å². The molecule has 3 nitrogen and oxygen atoms in total. The number of rotatable bonds is 5. The van der Waals surface area contributed by atoms with Gasteiger partial charge in [0.05, 0.1) is 18.4 Å². The van der Waals surface area contributed by atoms with Crippen molar-refractivity contribution in [3.05, 3.63) is 64.9 Å². The molecule has 5 heteroatoms. The highest BCUT2D eigenvalue weighted by atomic mass is 35.5. The first-order valence-corrected chi connectivity index (χ1v) is 11.1. The van der Waals surface area contributed by atoms with E-state index in [0.29, 0.717) is 12.1 Å². The van der Waals surface area contributed by atoms with Crippen LogP contribution in [0.2, 0.25) is 5.02 Å². The summed E-state index contributed by atoms with van der Waals surface area (Å²) < 4.78 is 20.2. The van der Waals surface area contributed by atoms with Crippen molar-refractivity contribution in [1.29, 1.82) is 0 Å². The summed E-state index contributed by atoms with van der Waals surface area (Å²) >= 11 is 6.01. The lowest BCUT2D eigenvalue weighted by molar-refractivity contribution is -0.0767. The fraction of sp³-hybridized carbons (Fsp3) is 0.500. The number of morpholine rings is 1. The number of anilines is 1. The normalized spacial score (nSPS) is 24.0. The number of benzene rings is 2. The van der Waals surface area contributed by atoms with Crippen LogP contribution in [0.4, 0.5) is 10.1 Å². The summed E-state index contributed by atoms with van der Waals surface area (Å²) in [6.45, 7) is 5.75. The van der Waals surface area contributed by atoms with Crippen molar-refractivity contribution in [3.8, 4) is 0 Å². The van der Waals surface area contributed by atoms with Crippen LogP contribution in [0.15, 0.2) is 48.5 Å². The molecule has 2 heterocycles. The maximum Gasteiger partial charge on any atom is 0.146 e. The SMILES string of the molecule is C[C@H]1CN(C2CCN(c3ccccc3F)CC2)[C@@H](CCc2ccc(Cl)cc2)CO1. The maximum absolute atomic E-state index is 14.1. The summed E-state index contributed by atoms with van der Waals surface area (Å²) in [5, 5.41) is 0.784. The minimum Gasteiger partial charge on any atom is -0.376 e. The third kappa shape index (κ3) is 5.11. The molecule has 0 bridgehead atoms. The highest BCUT2D eigenvalue weighted by molar-refractivity contribution is 6.30. The average molecular weight is 417 g/mol. The number of piperidine rings is 1. The van der Waals surface area contributed by atoms with E-state index < -0.39 is 0 Å². The van der Waals surface area contributed by atoms with Gasteiger partial charge in [-0.3, -0.25) is 4.90 Å². The lowest BCUT2D eigenvalue weighted by Crippen LogP contribution is -2.56. The molecular weight excluding hydrogens is 387 g/mol. The molecule has 0 N–H and O–H groups in total. The molecule has 2 aromatic carbocycles. The Labute approximate surface area is 178 Å². The van der Waals surface area contributed by atoms with E-state index in [9.17, 15) is 4.39 Å². The zero-order valence-electron chi connectivity index (χ0n) is 17.1. The third-order valence-electron chi connectivity index (χ3n) is 6.32. The minimum atomic E-state index is -0.119. The molecule has 2 fully saturated rings. The summed E-state index contributed by atoms with van der Waals surface area (Å²) in [4.78, 5) is 4.86. The molecular formula is C24H30ClFN2O. The van der Waals surface area contributed by atoms with Gasteiger partial charge >= 0.3 is 0 Å². The summed E-state index contributed by atoms with van der Waals surface area (Å²) in [5.41, 5.74) is 2.06. The maximum atomic E-state index is 14.1. The van der Waals surface area contributed by atoms with Gasteiger partial charge in [-0.2, -0.15) is 0 Å². The molecule has 0 spiro atoms. The molecule has 0 saturated carbocycles. The quantitative estimate of drug-likeness (QED) is 0.668. The van der Waals surface area contributed by atoms with E-state index >= 15 is 0 Å². The predicted octanol–water partition coefficient (Wildman–Crippen LogP) is 5.17. The van der Waals surface area contributed by atoms with Crippen molar-refractivity contribution in [2.24, 2.45) is 0 Å². The Morgan fingerprint density at radius 1 is 1.07 bits per heavy atom. The number of nitrogens with zero attached hydrogens (tertiary/aromatic N) is 2. The van der Waals surface area contributed by atoms with Crippen LogP contribution in [0.3, 0.4) is 0 Å². The second-order valence-electron chi connectivity index (χ2n) is 8.33. The van der Waals surface area contributed by atoms with Crippen LogP contribution in [0.25, 0.3) is 0 Å². The van der Waals surface area contributed by atoms with Gasteiger partial charge in [-0.15, -0.1) is 0 Å². The van der Waals surface area contributed by atoms with Gasteiger partial charge in [0, 0.05) is 36.7 Å². The molecule has 29 heavy (non-hydrogen) atoms. The lowest BCUT2D eigenvalue weighted by atomic mass is 9.96. The zero-order valence-corrected chi connectivity index (χ0v) is 17.8. The van der Waals surface area contributed by atoms with E-state index in [-0.39, 0.29) is 11.9 Å². The van der Waals surface area contributed by atoms with Crippen molar-refractivity contribution < 1.29 is 9.13 Å². The Morgan fingerprint density at radius 2 is 1.79 bits per heavy atom. The highest BCUT2D eigenvalue weighted by Gasteiger charge is 2.34. The van der Waals surface area contributed by atoms with Crippen LogP contribution in [-0.4, -0.2) is 49.3 Å². The topological polar surface area (TPSA) is 15.7 Å². The minimum absolute atomic E-state index is 0.119. The second kappa shape index (κ2) is 9.46. The van der Waals surface area contributed by atoms with Crippen LogP contribution < -0.4 is 4.90 Å². The summed E-state index contributed by atoms with van der Waals surface area (Å²) in [6, 6.07) is 16.3. The third-order valence-corrected chi connectivity index (χ3v) is 6.57. The Morgan fingerprint density at radius 3 is 2.52 bits per heavy atom. The van der Waals surface area contributed by atoms with Gasteiger partial charge < -0.3 is 9.64 Å². The molecule has 2 saturated heterocycles. The van der Waals surface area contributed by atoms with Gasteiger partial charge in [0.15, 0.2) is 0 Å². The molecule has 0 aliphatic carbocycles. The number of para-hydroxylation sites is 1. The molecule has 0 unspecified atom stereocenters. The number of aryl methyl sites for hydroxylation is 1. The van der Waals surface area contributed by atoms with E-state index in [1.165, 1.54) is 5.56 Å². The van der Waals surface area contributed by atoms with Crippen molar-refractivity contribution >= 4 is 17.3 Å². The van der Waals surface area contributed by atoms with Crippen molar-refractivity contribution in [1.82, 2.24) is 4.90 Å². The van der Waals surface area contributed by atoms with Crippen LogP contribution in [0.5, 0.6) is 0 Å². The predicted molar refractivity (Wildman–Crippen MR) is 117 cm³/mol. The first-order valence-electron chi connectivity index (χ1n) is 10.7. The van der Waals surface area contributed by atoms with E-state index in [0.717, 1.165) is 62.6 Å². The zero-order chi connectivity index (χ0) is 20.2. The number of ether oxygens (including phenoxy) is 1. The van der Waals surface area contributed by atoms with Crippen LogP contribution in [0, 0.1) is 5.82 Å². The Balaban J connectivity index is 1.37. The van der Waals surface area contributed by atoms with Gasteiger partial charge in [0.25, 0.3) is 0 Å². The first-order chi connectivity index (χ1) is 14.1. The van der Waals surface area contributed by atoms with Gasteiger partial charge in [-0.05, 0) is 62.4 Å². The van der Waals surface area contributed by atoms with E-state index in [4.69, 9.17) is 16.3 Å². The van der Waals surface area contributed by atoms with Gasteiger partial charge in [-0.25, -0.2) is 4.39 Å². The largest absolute Gasteiger partial charge is 0.376 e. The molecule has 2 atom stereocenters. The molecule has 0 radical (unpaired) electrons. The van der Waals surface area contributed by atoms with E-state index in [2.05, 4.69) is 28.9 Å². The fourth-order valence-electron chi connectivity index (χ4n) is 4.70. The Kier molecular flexibility index (Phi) is 6.74. The fourth-order valence-corrected chi connectivity index (χ4v) is 4.82. The lowest BCUT2D eigenvalue weighted by Gasteiger charge is -2.46. The van der Waals surface area contributed by atoms with Crippen LogP contribution in [0.1, 0.15) is 31.7 Å². The van der Waals surface area contributed by atoms with Crippen molar-refractivity contribution in [3.63, 3.8) is 0 Å². The van der Waals surface area contributed by atoms with Crippen molar-refractivity contribution in [2.75, 3.05) is 31.1 Å². The van der Waals surface area contributed by atoms with Crippen LogP contribution in [-0.2, 0) is 11.2 Å². The van der Waals surface area contributed by atoms with Gasteiger partial charge in [-0.1, -0.05) is 35.9 Å². The highest BCUT2D eigenvalue weighted by Crippen LogP contribution is 2.28. The molecule has 156 valence electrons. The molecule has 2 aromatic rings. The monoisotopic (exact) mass is 416 g/mol. The molecule has 0 aromatic heterocycles. The molecule has 0 amide bonds.